The molecular weight excluding hydrogens is 306 g/mol. The van der Waals surface area contributed by atoms with Gasteiger partial charge in [-0.15, -0.1) is 0 Å². The fourth-order valence-corrected chi connectivity index (χ4v) is 2.91. The number of piperidine rings is 1. The summed E-state index contributed by atoms with van der Waals surface area (Å²) in [6, 6.07) is 7.91. The molecule has 1 aliphatic heterocycles. The van der Waals surface area contributed by atoms with E-state index in [1.165, 1.54) is 7.11 Å². The number of nitrogens with zero attached hydrogens (tertiary/aromatic N) is 2. The molecule has 1 aromatic carbocycles. The molecule has 1 aromatic rings. The van der Waals surface area contributed by atoms with E-state index in [0.29, 0.717) is 6.54 Å². The Morgan fingerprint density at radius 1 is 1.29 bits per heavy atom. The van der Waals surface area contributed by atoms with Crippen molar-refractivity contribution < 1.29 is 14.3 Å². The number of carbonyl (C=O) groups is 1. The molecule has 2 rings (SSSR count). The molecule has 0 saturated carbocycles. The standard InChI is InChI=1S/C18H27N3O3/c1-4-19-18(20-13-15-7-5-6-8-16(15)23-2)21-11-9-14(10-12-21)17(22)24-3/h5-8,14H,4,9-13H2,1-3H3,(H,19,20). The lowest BCUT2D eigenvalue weighted by molar-refractivity contribution is -0.146. The number of carbonyl (C=O) groups excluding carboxylic acids is 1. The number of ether oxygens (including phenoxy) is 2. The summed E-state index contributed by atoms with van der Waals surface area (Å²) in [5.41, 5.74) is 1.06. The van der Waals surface area contributed by atoms with Gasteiger partial charge < -0.3 is 19.7 Å². The number of benzene rings is 1. The molecule has 1 saturated heterocycles. The minimum absolute atomic E-state index is 0.00310. The summed E-state index contributed by atoms with van der Waals surface area (Å²) in [6.45, 7) is 5.03. The lowest BCUT2D eigenvalue weighted by Gasteiger charge is -2.33. The van der Waals surface area contributed by atoms with Gasteiger partial charge in [0.05, 0.1) is 26.7 Å². The van der Waals surface area contributed by atoms with E-state index < -0.39 is 0 Å². The number of esters is 1. The predicted octanol–water partition coefficient (Wildman–Crippen LogP) is 2.05. The maximum absolute atomic E-state index is 11.6. The molecule has 0 amide bonds. The summed E-state index contributed by atoms with van der Waals surface area (Å²) < 4.78 is 10.2. The molecule has 6 heteroatoms. The first kappa shape index (κ1) is 18.1. The van der Waals surface area contributed by atoms with Crippen molar-refractivity contribution in [3.63, 3.8) is 0 Å². The number of para-hydroxylation sites is 1. The van der Waals surface area contributed by atoms with Crippen molar-refractivity contribution >= 4 is 11.9 Å². The third kappa shape index (κ3) is 4.63. The van der Waals surface area contributed by atoms with Gasteiger partial charge in [0.1, 0.15) is 5.75 Å². The first-order valence-corrected chi connectivity index (χ1v) is 8.42. The average Bonchev–Trinajstić information content (AvgIpc) is 2.64. The van der Waals surface area contributed by atoms with Gasteiger partial charge in [-0.1, -0.05) is 18.2 Å². The number of likely N-dealkylation sites (tertiary alicyclic amines) is 1. The summed E-state index contributed by atoms with van der Waals surface area (Å²) in [4.78, 5) is 18.6. The van der Waals surface area contributed by atoms with Gasteiger partial charge in [-0.25, -0.2) is 4.99 Å². The maximum Gasteiger partial charge on any atom is 0.308 e. The molecule has 1 fully saturated rings. The molecule has 0 atom stereocenters. The Kier molecular flexibility index (Phi) is 6.90. The molecule has 6 nitrogen and oxygen atoms in total. The molecule has 0 aliphatic carbocycles. The summed E-state index contributed by atoms with van der Waals surface area (Å²) in [7, 11) is 3.12. The van der Waals surface area contributed by atoms with Crippen molar-refractivity contribution in [1.82, 2.24) is 10.2 Å². The Morgan fingerprint density at radius 2 is 2.00 bits per heavy atom. The van der Waals surface area contributed by atoms with E-state index in [4.69, 9.17) is 14.5 Å². The summed E-state index contributed by atoms with van der Waals surface area (Å²) in [5.74, 6) is 1.63. The van der Waals surface area contributed by atoms with E-state index >= 15 is 0 Å². The molecule has 1 N–H and O–H groups in total. The minimum Gasteiger partial charge on any atom is -0.496 e. The topological polar surface area (TPSA) is 63.2 Å². The van der Waals surface area contributed by atoms with Crippen molar-refractivity contribution in [1.29, 1.82) is 0 Å². The monoisotopic (exact) mass is 333 g/mol. The van der Waals surface area contributed by atoms with Crippen molar-refractivity contribution in [2.75, 3.05) is 33.9 Å². The van der Waals surface area contributed by atoms with Crippen LogP contribution in [-0.4, -0.2) is 50.7 Å². The summed E-state index contributed by atoms with van der Waals surface area (Å²) in [6.07, 6.45) is 1.59. The van der Waals surface area contributed by atoms with Crippen LogP contribution in [0.15, 0.2) is 29.3 Å². The fraction of sp³-hybridized carbons (Fsp3) is 0.556. The first-order valence-electron chi connectivity index (χ1n) is 8.42. The maximum atomic E-state index is 11.6. The minimum atomic E-state index is -0.106. The number of methoxy groups -OCH3 is 2. The molecule has 0 unspecified atom stereocenters. The third-order valence-electron chi connectivity index (χ3n) is 4.26. The zero-order valence-electron chi connectivity index (χ0n) is 14.7. The molecule has 0 aromatic heterocycles. The van der Waals surface area contributed by atoms with Crippen molar-refractivity contribution in [2.45, 2.75) is 26.3 Å². The van der Waals surface area contributed by atoms with Crippen LogP contribution in [-0.2, 0) is 16.1 Å². The Hall–Kier alpha value is -2.24. The average molecular weight is 333 g/mol. The highest BCUT2D eigenvalue weighted by Gasteiger charge is 2.26. The SMILES string of the molecule is CCNC(=NCc1ccccc1OC)N1CCC(C(=O)OC)CC1. The Morgan fingerprint density at radius 3 is 2.62 bits per heavy atom. The third-order valence-corrected chi connectivity index (χ3v) is 4.26. The molecule has 1 aliphatic rings. The quantitative estimate of drug-likeness (QED) is 0.508. The van der Waals surface area contributed by atoms with Gasteiger partial charge in [0, 0.05) is 25.2 Å². The smallest absolute Gasteiger partial charge is 0.308 e. The van der Waals surface area contributed by atoms with Gasteiger partial charge in [0.25, 0.3) is 0 Å². The molecule has 1 heterocycles. The summed E-state index contributed by atoms with van der Waals surface area (Å²) in [5, 5.41) is 3.34. The van der Waals surface area contributed by atoms with Crippen molar-refractivity contribution in [3.05, 3.63) is 29.8 Å². The van der Waals surface area contributed by atoms with E-state index in [9.17, 15) is 4.79 Å². The lowest BCUT2D eigenvalue weighted by Crippen LogP contribution is -2.46. The normalized spacial score (nSPS) is 16.0. The van der Waals surface area contributed by atoms with E-state index in [1.54, 1.807) is 7.11 Å². The molecule has 0 bridgehead atoms. The van der Waals surface area contributed by atoms with Crippen LogP contribution in [0.3, 0.4) is 0 Å². The zero-order chi connectivity index (χ0) is 17.4. The predicted molar refractivity (Wildman–Crippen MR) is 94.1 cm³/mol. The van der Waals surface area contributed by atoms with Gasteiger partial charge in [0.2, 0.25) is 0 Å². The highest BCUT2D eigenvalue weighted by atomic mass is 16.5. The van der Waals surface area contributed by atoms with Crippen LogP contribution < -0.4 is 10.1 Å². The number of rotatable bonds is 5. The van der Waals surface area contributed by atoms with Crippen LogP contribution >= 0.6 is 0 Å². The van der Waals surface area contributed by atoms with Gasteiger partial charge in [-0.05, 0) is 25.8 Å². The van der Waals surface area contributed by atoms with Crippen LogP contribution in [0.4, 0.5) is 0 Å². The Balaban J connectivity index is 2.02. The second kappa shape index (κ2) is 9.15. The fourth-order valence-electron chi connectivity index (χ4n) is 2.91. The van der Waals surface area contributed by atoms with E-state index in [0.717, 1.165) is 49.7 Å². The van der Waals surface area contributed by atoms with Gasteiger partial charge in [0.15, 0.2) is 5.96 Å². The van der Waals surface area contributed by atoms with Crippen LogP contribution in [0.2, 0.25) is 0 Å². The second-order valence-corrected chi connectivity index (χ2v) is 5.77. The highest BCUT2D eigenvalue weighted by molar-refractivity contribution is 5.80. The molecule has 0 radical (unpaired) electrons. The van der Waals surface area contributed by atoms with Crippen molar-refractivity contribution in [2.24, 2.45) is 10.9 Å². The van der Waals surface area contributed by atoms with Crippen molar-refractivity contribution in [3.8, 4) is 5.75 Å². The number of guanidine groups is 1. The molecule has 0 spiro atoms. The van der Waals surface area contributed by atoms with E-state index in [-0.39, 0.29) is 11.9 Å². The van der Waals surface area contributed by atoms with Gasteiger partial charge in [-0.2, -0.15) is 0 Å². The van der Waals surface area contributed by atoms with Gasteiger partial charge >= 0.3 is 5.97 Å². The van der Waals surface area contributed by atoms with Gasteiger partial charge in [-0.3, -0.25) is 4.79 Å². The largest absolute Gasteiger partial charge is 0.496 e. The highest BCUT2D eigenvalue weighted by Crippen LogP contribution is 2.20. The van der Waals surface area contributed by atoms with Crippen LogP contribution in [0.25, 0.3) is 0 Å². The molecule has 24 heavy (non-hydrogen) atoms. The van der Waals surface area contributed by atoms with E-state index in [2.05, 4.69) is 17.1 Å². The number of hydrogen-bond acceptors (Lipinski definition) is 4. The second-order valence-electron chi connectivity index (χ2n) is 5.77. The first-order chi connectivity index (χ1) is 11.7. The lowest BCUT2D eigenvalue weighted by atomic mass is 9.97. The van der Waals surface area contributed by atoms with Crippen LogP contribution in [0.5, 0.6) is 5.75 Å². The molecular formula is C18H27N3O3. The van der Waals surface area contributed by atoms with Crippen LogP contribution in [0, 0.1) is 5.92 Å². The number of aliphatic imine (C=N–C) groups is 1. The molecule has 132 valence electrons. The summed E-state index contributed by atoms with van der Waals surface area (Å²) >= 11 is 0. The number of nitrogens with one attached hydrogen (secondary N) is 1. The Bertz CT molecular complexity index is 566. The van der Waals surface area contributed by atoms with Crippen LogP contribution in [0.1, 0.15) is 25.3 Å². The van der Waals surface area contributed by atoms with E-state index in [1.807, 2.05) is 24.3 Å². The number of hydrogen-bond donors (Lipinski definition) is 1. The zero-order valence-corrected chi connectivity index (χ0v) is 14.7. The Labute approximate surface area is 143 Å².